The number of carbonyl (C=O) groups excluding carboxylic acids is 2. The third-order valence-corrected chi connectivity index (χ3v) is 5.66. The predicted molar refractivity (Wildman–Crippen MR) is 138 cm³/mol. The van der Waals surface area contributed by atoms with E-state index in [4.69, 9.17) is 0 Å². The molecular formula is C26H29F2N7O2. The van der Waals surface area contributed by atoms with E-state index in [0.29, 0.717) is 35.5 Å². The van der Waals surface area contributed by atoms with Gasteiger partial charge >= 0.3 is 6.03 Å². The van der Waals surface area contributed by atoms with Gasteiger partial charge < -0.3 is 20.9 Å². The van der Waals surface area contributed by atoms with Crippen molar-refractivity contribution >= 4 is 29.4 Å². The van der Waals surface area contributed by atoms with Crippen LogP contribution in [0.2, 0.25) is 0 Å². The van der Waals surface area contributed by atoms with Crippen LogP contribution in [0.5, 0.6) is 0 Å². The summed E-state index contributed by atoms with van der Waals surface area (Å²) in [4.78, 5) is 37.3. The molecule has 0 bridgehead atoms. The molecule has 3 N–H and O–H groups in total. The Hall–Kier alpha value is -4.12. The van der Waals surface area contributed by atoms with Crippen LogP contribution in [0.4, 0.5) is 31.0 Å². The van der Waals surface area contributed by atoms with Crippen molar-refractivity contribution in [1.29, 1.82) is 0 Å². The van der Waals surface area contributed by atoms with Gasteiger partial charge in [0.1, 0.15) is 17.3 Å². The third-order valence-electron chi connectivity index (χ3n) is 5.66. The number of urea groups is 1. The molecule has 2 heterocycles. The lowest BCUT2D eigenvalue weighted by atomic mass is 10.0. The molecule has 0 fully saturated rings. The zero-order valence-corrected chi connectivity index (χ0v) is 21.1. The number of rotatable bonds is 8. The molecule has 1 aliphatic heterocycles. The Morgan fingerprint density at radius 2 is 1.78 bits per heavy atom. The second kappa shape index (κ2) is 10.9. The normalized spacial score (nSPS) is 13.0. The van der Waals surface area contributed by atoms with Gasteiger partial charge in [0.15, 0.2) is 5.82 Å². The Morgan fingerprint density at radius 3 is 2.41 bits per heavy atom. The average molecular weight is 510 g/mol. The molecule has 0 aliphatic carbocycles. The monoisotopic (exact) mass is 509 g/mol. The molecule has 0 saturated heterocycles. The van der Waals surface area contributed by atoms with E-state index >= 15 is 0 Å². The molecule has 0 unspecified atom stereocenters. The quantitative estimate of drug-likeness (QED) is 0.426. The molecule has 3 aromatic rings. The van der Waals surface area contributed by atoms with E-state index in [1.165, 1.54) is 6.07 Å². The van der Waals surface area contributed by atoms with Gasteiger partial charge in [-0.3, -0.25) is 4.79 Å². The van der Waals surface area contributed by atoms with Crippen molar-refractivity contribution in [3.63, 3.8) is 0 Å². The number of fused-ring (bicyclic) bond motifs is 1. The highest BCUT2D eigenvalue weighted by Crippen LogP contribution is 2.38. The number of hydrogen-bond acceptors (Lipinski definition) is 6. The number of likely N-dealkylation sites (N-methyl/N-ethyl adjacent to an activating group) is 1. The standard InChI is InChI=1S/C26H29F2N7O2/c1-15(2)31-24(36)17-10-8-16(9-11-17)21-18-14-30-26(37)35(22-19(27)6-5-7-20(22)28)23(18)33-25(32-21)29-12-13-34(3)4/h5-11,15H,12-14H2,1-4H3,(H,30,37)(H,31,36)(H,29,32,33). The number of aromatic nitrogens is 2. The van der Waals surface area contributed by atoms with Gasteiger partial charge in [0, 0.05) is 35.8 Å². The maximum absolute atomic E-state index is 14.8. The first kappa shape index (κ1) is 26.0. The largest absolute Gasteiger partial charge is 0.353 e. The van der Waals surface area contributed by atoms with Crippen molar-refractivity contribution in [2.24, 2.45) is 0 Å². The lowest BCUT2D eigenvalue weighted by molar-refractivity contribution is 0.0943. The number of halogens is 2. The summed E-state index contributed by atoms with van der Waals surface area (Å²) in [6.07, 6.45) is 0. The number of benzene rings is 2. The first-order chi connectivity index (χ1) is 17.7. The minimum atomic E-state index is -0.897. The van der Waals surface area contributed by atoms with Gasteiger partial charge in [0.2, 0.25) is 5.95 Å². The van der Waals surface area contributed by atoms with Crippen LogP contribution in [0.1, 0.15) is 29.8 Å². The number of para-hydroxylation sites is 1. The molecule has 0 atom stereocenters. The molecule has 37 heavy (non-hydrogen) atoms. The molecule has 0 saturated carbocycles. The zero-order valence-electron chi connectivity index (χ0n) is 21.1. The number of nitrogens with zero attached hydrogens (tertiary/aromatic N) is 4. The van der Waals surface area contributed by atoms with Crippen LogP contribution in [0.25, 0.3) is 11.3 Å². The summed E-state index contributed by atoms with van der Waals surface area (Å²) in [5, 5.41) is 8.64. The Morgan fingerprint density at radius 1 is 1.11 bits per heavy atom. The van der Waals surface area contributed by atoms with Crippen LogP contribution < -0.4 is 20.9 Å². The summed E-state index contributed by atoms with van der Waals surface area (Å²) in [6, 6.07) is 9.52. The second-order valence-corrected chi connectivity index (χ2v) is 9.20. The fraction of sp³-hybridized carbons (Fsp3) is 0.308. The van der Waals surface area contributed by atoms with Crippen LogP contribution in [-0.2, 0) is 6.54 Å². The SMILES string of the molecule is CC(C)NC(=O)c1ccc(-c2nc(NCCN(C)C)nc3c2CNC(=O)N3c2c(F)cccc2F)cc1. The van der Waals surface area contributed by atoms with Crippen molar-refractivity contribution in [2.75, 3.05) is 37.4 Å². The summed E-state index contributed by atoms with van der Waals surface area (Å²) in [7, 11) is 3.84. The minimum Gasteiger partial charge on any atom is -0.353 e. The number of anilines is 3. The minimum absolute atomic E-state index is 0.00905. The summed E-state index contributed by atoms with van der Waals surface area (Å²) in [6.45, 7) is 5.00. The van der Waals surface area contributed by atoms with Crippen LogP contribution in [0, 0.1) is 11.6 Å². The van der Waals surface area contributed by atoms with Crippen LogP contribution in [-0.4, -0.2) is 60.0 Å². The Kier molecular flexibility index (Phi) is 7.63. The Bertz CT molecular complexity index is 1290. The van der Waals surface area contributed by atoms with Crippen LogP contribution in [0.3, 0.4) is 0 Å². The van der Waals surface area contributed by atoms with E-state index in [-0.39, 0.29) is 30.3 Å². The van der Waals surface area contributed by atoms with E-state index in [9.17, 15) is 18.4 Å². The highest BCUT2D eigenvalue weighted by molar-refractivity contribution is 6.02. The molecule has 9 nitrogen and oxygen atoms in total. The number of amides is 3. The van der Waals surface area contributed by atoms with Crippen molar-refractivity contribution in [2.45, 2.75) is 26.4 Å². The predicted octanol–water partition coefficient (Wildman–Crippen LogP) is 3.89. The topological polar surface area (TPSA) is 102 Å². The summed E-state index contributed by atoms with van der Waals surface area (Å²) < 4.78 is 29.5. The van der Waals surface area contributed by atoms with Crippen molar-refractivity contribution in [3.8, 4) is 11.3 Å². The van der Waals surface area contributed by atoms with E-state index in [2.05, 4.69) is 25.9 Å². The van der Waals surface area contributed by atoms with Crippen molar-refractivity contribution < 1.29 is 18.4 Å². The molecule has 1 aromatic heterocycles. The molecule has 0 spiro atoms. The van der Waals surface area contributed by atoms with E-state index in [1.54, 1.807) is 24.3 Å². The van der Waals surface area contributed by atoms with Gasteiger partial charge in [0.05, 0.1) is 12.2 Å². The third kappa shape index (κ3) is 5.67. The van der Waals surface area contributed by atoms with Crippen molar-refractivity contribution in [1.82, 2.24) is 25.5 Å². The summed E-state index contributed by atoms with van der Waals surface area (Å²) >= 11 is 0. The van der Waals surface area contributed by atoms with E-state index in [0.717, 1.165) is 17.0 Å². The van der Waals surface area contributed by atoms with Crippen LogP contribution in [0.15, 0.2) is 42.5 Å². The summed E-state index contributed by atoms with van der Waals surface area (Å²) in [5.41, 5.74) is 1.56. The van der Waals surface area contributed by atoms with Crippen molar-refractivity contribution in [3.05, 3.63) is 65.2 Å². The smallest absolute Gasteiger partial charge is 0.328 e. The van der Waals surface area contributed by atoms with Gasteiger partial charge in [-0.05, 0) is 52.2 Å². The first-order valence-corrected chi connectivity index (χ1v) is 11.9. The number of carbonyl (C=O) groups is 2. The van der Waals surface area contributed by atoms with Crippen LogP contribution >= 0.6 is 0 Å². The molecule has 11 heteroatoms. The van der Waals surface area contributed by atoms with Gasteiger partial charge in [-0.15, -0.1) is 0 Å². The average Bonchev–Trinajstić information content (AvgIpc) is 2.84. The first-order valence-electron chi connectivity index (χ1n) is 11.9. The Balaban J connectivity index is 1.82. The lowest BCUT2D eigenvalue weighted by Gasteiger charge is -2.30. The molecule has 1 aliphatic rings. The lowest BCUT2D eigenvalue weighted by Crippen LogP contribution is -2.43. The molecule has 194 valence electrons. The number of hydrogen-bond donors (Lipinski definition) is 3. The van der Waals surface area contributed by atoms with E-state index < -0.39 is 23.4 Å². The fourth-order valence-electron chi connectivity index (χ4n) is 3.90. The highest BCUT2D eigenvalue weighted by atomic mass is 19.1. The van der Waals surface area contributed by atoms with Gasteiger partial charge in [-0.25, -0.2) is 23.5 Å². The molecule has 4 rings (SSSR count). The molecule has 0 radical (unpaired) electrons. The second-order valence-electron chi connectivity index (χ2n) is 9.20. The maximum Gasteiger partial charge on any atom is 0.328 e. The zero-order chi connectivity index (χ0) is 26.7. The van der Waals surface area contributed by atoms with E-state index in [1.807, 2.05) is 32.8 Å². The van der Waals surface area contributed by atoms with Gasteiger partial charge in [-0.1, -0.05) is 18.2 Å². The molecular weight excluding hydrogens is 480 g/mol. The molecule has 3 amide bonds. The number of nitrogens with one attached hydrogen (secondary N) is 3. The molecule has 2 aromatic carbocycles. The summed E-state index contributed by atoms with van der Waals surface area (Å²) in [5.74, 6) is -1.72. The van der Waals surface area contributed by atoms with Gasteiger partial charge in [0.25, 0.3) is 5.91 Å². The van der Waals surface area contributed by atoms with Gasteiger partial charge in [-0.2, -0.15) is 4.98 Å². The fourth-order valence-corrected chi connectivity index (χ4v) is 3.90. The highest BCUT2D eigenvalue weighted by Gasteiger charge is 2.34. The Labute approximate surface area is 213 Å². The maximum atomic E-state index is 14.8.